The third-order valence-corrected chi connectivity index (χ3v) is 4.85. The van der Waals surface area contributed by atoms with E-state index in [1.54, 1.807) is 0 Å². The maximum absolute atomic E-state index is 11.1. The predicted octanol–water partition coefficient (Wildman–Crippen LogP) is 4.17. The average molecular weight is 349 g/mol. The monoisotopic (exact) mass is 349 g/mol. The van der Waals surface area contributed by atoms with E-state index in [1.807, 2.05) is 36.4 Å². The van der Waals surface area contributed by atoms with Gasteiger partial charge in [0.1, 0.15) is 5.52 Å². The lowest BCUT2D eigenvalue weighted by Crippen LogP contribution is -2.34. The number of likely N-dealkylation sites (tertiary alicyclic amines) is 1. The van der Waals surface area contributed by atoms with Gasteiger partial charge in [0.05, 0.1) is 0 Å². The Morgan fingerprint density at radius 1 is 1.23 bits per heavy atom. The molecule has 1 fully saturated rings. The highest BCUT2D eigenvalue weighted by Crippen LogP contribution is 2.29. The minimum atomic E-state index is -0.0463. The molecule has 2 heterocycles. The summed E-state index contributed by atoms with van der Waals surface area (Å²) in [5.74, 6) is 1.15. The summed E-state index contributed by atoms with van der Waals surface area (Å²) in [6.45, 7) is 4.47. The van der Waals surface area contributed by atoms with Crippen LogP contribution in [0.3, 0.4) is 0 Å². The van der Waals surface area contributed by atoms with Gasteiger partial charge < -0.3 is 9.73 Å². The molecule has 5 heteroatoms. The number of nitrogens with one attached hydrogen (secondary N) is 1. The van der Waals surface area contributed by atoms with Crippen molar-refractivity contribution in [2.75, 3.05) is 18.4 Å². The molecule has 0 bridgehead atoms. The van der Waals surface area contributed by atoms with E-state index in [2.05, 4.69) is 27.3 Å². The van der Waals surface area contributed by atoms with E-state index in [9.17, 15) is 4.79 Å². The molecule has 4 rings (SSSR count). The van der Waals surface area contributed by atoms with Gasteiger partial charge in [0.2, 0.25) is 5.91 Å². The molecular weight excluding hydrogens is 326 g/mol. The fourth-order valence-electron chi connectivity index (χ4n) is 3.62. The number of piperidine rings is 1. The maximum Gasteiger partial charge on any atom is 0.221 e. The van der Waals surface area contributed by atoms with Crippen LogP contribution >= 0.6 is 0 Å². The molecule has 134 valence electrons. The van der Waals surface area contributed by atoms with Crippen LogP contribution in [-0.4, -0.2) is 28.9 Å². The van der Waals surface area contributed by atoms with Crippen LogP contribution in [-0.2, 0) is 11.3 Å². The van der Waals surface area contributed by atoms with Crippen molar-refractivity contribution >= 4 is 22.7 Å². The van der Waals surface area contributed by atoms with Crippen LogP contribution in [0.5, 0.6) is 0 Å². The van der Waals surface area contributed by atoms with Gasteiger partial charge in [0.25, 0.3) is 0 Å². The Bertz CT molecular complexity index is 868. The molecular formula is C21H23N3O2. The van der Waals surface area contributed by atoms with Crippen molar-refractivity contribution < 1.29 is 9.21 Å². The number of carbonyl (C=O) groups is 1. The second-order valence-corrected chi connectivity index (χ2v) is 6.97. The summed E-state index contributed by atoms with van der Waals surface area (Å²) in [5.41, 5.74) is 3.89. The van der Waals surface area contributed by atoms with Crippen molar-refractivity contribution in [3.05, 3.63) is 60.0 Å². The van der Waals surface area contributed by atoms with Crippen molar-refractivity contribution in [2.24, 2.45) is 0 Å². The summed E-state index contributed by atoms with van der Waals surface area (Å²) in [6, 6.07) is 16.0. The summed E-state index contributed by atoms with van der Waals surface area (Å²) in [7, 11) is 0. The van der Waals surface area contributed by atoms with E-state index in [4.69, 9.17) is 4.42 Å². The number of amides is 1. The molecule has 1 aromatic heterocycles. The molecule has 2 aromatic carbocycles. The van der Waals surface area contributed by atoms with E-state index in [-0.39, 0.29) is 5.91 Å². The van der Waals surface area contributed by atoms with E-state index in [1.165, 1.54) is 12.5 Å². The van der Waals surface area contributed by atoms with Gasteiger partial charge in [-0.25, -0.2) is 4.98 Å². The Hall–Kier alpha value is -2.66. The molecule has 1 amide bonds. The van der Waals surface area contributed by atoms with Crippen molar-refractivity contribution in [3.63, 3.8) is 0 Å². The zero-order valence-electron chi connectivity index (χ0n) is 14.9. The van der Waals surface area contributed by atoms with Gasteiger partial charge >= 0.3 is 0 Å². The first-order valence-electron chi connectivity index (χ1n) is 9.12. The predicted molar refractivity (Wildman–Crippen MR) is 102 cm³/mol. The Morgan fingerprint density at radius 3 is 2.81 bits per heavy atom. The van der Waals surface area contributed by atoms with E-state index < -0.39 is 0 Å². The third kappa shape index (κ3) is 3.78. The summed E-state index contributed by atoms with van der Waals surface area (Å²) in [5, 5.41) is 2.80. The SMILES string of the molecule is CC(=O)Nc1ccc(CN2CCC[C@H](c3nc4ccccc4o3)C2)cc1. The fraction of sp³-hybridized carbons (Fsp3) is 0.333. The number of nitrogens with zero attached hydrogens (tertiary/aromatic N) is 2. The van der Waals surface area contributed by atoms with Crippen molar-refractivity contribution in [3.8, 4) is 0 Å². The third-order valence-electron chi connectivity index (χ3n) is 4.85. The zero-order chi connectivity index (χ0) is 17.9. The van der Waals surface area contributed by atoms with Gasteiger partial charge in [-0.05, 0) is 49.2 Å². The first-order chi connectivity index (χ1) is 12.7. The lowest BCUT2D eigenvalue weighted by Gasteiger charge is -2.31. The van der Waals surface area contributed by atoms with Crippen LogP contribution in [0.25, 0.3) is 11.1 Å². The van der Waals surface area contributed by atoms with Gasteiger partial charge in [-0.2, -0.15) is 0 Å². The minimum absolute atomic E-state index is 0.0463. The number of hydrogen-bond donors (Lipinski definition) is 1. The second kappa shape index (κ2) is 7.30. The first kappa shape index (κ1) is 16.8. The van der Waals surface area contributed by atoms with Gasteiger partial charge in [-0.15, -0.1) is 0 Å². The van der Waals surface area contributed by atoms with Crippen LogP contribution in [0.4, 0.5) is 5.69 Å². The van der Waals surface area contributed by atoms with E-state index >= 15 is 0 Å². The van der Waals surface area contributed by atoms with Gasteiger partial charge in [0.15, 0.2) is 11.5 Å². The number of rotatable bonds is 4. The van der Waals surface area contributed by atoms with E-state index in [0.29, 0.717) is 5.92 Å². The van der Waals surface area contributed by atoms with Gasteiger partial charge in [-0.1, -0.05) is 24.3 Å². The summed E-state index contributed by atoms with van der Waals surface area (Å²) in [6.07, 6.45) is 2.26. The average Bonchev–Trinajstić information content (AvgIpc) is 3.07. The normalized spacial score (nSPS) is 18.1. The Labute approximate surface area is 153 Å². The molecule has 1 atom stereocenters. The highest BCUT2D eigenvalue weighted by molar-refractivity contribution is 5.88. The Balaban J connectivity index is 1.42. The Morgan fingerprint density at radius 2 is 2.04 bits per heavy atom. The molecule has 1 aliphatic heterocycles. The molecule has 0 spiro atoms. The number of benzene rings is 2. The van der Waals surface area contributed by atoms with Crippen molar-refractivity contribution in [2.45, 2.75) is 32.2 Å². The van der Waals surface area contributed by atoms with Crippen LogP contribution in [0.2, 0.25) is 0 Å². The molecule has 1 N–H and O–H groups in total. The number of fused-ring (bicyclic) bond motifs is 1. The lowest BCUT2D eigenvalue weighted by atomic mass is 9.97. The molecule has 0 radical (unpaired) electrons. The summed E-state index contributed by atoms with van der Waals surface area (Å²) < 4.78 is 5.98. The quantitative estimate of drug-likeness (QED) is 0.768. The smallest absolute Gasteiger partial charge is 0.221 e. The number of hydrogen-bond acceptors (Lipinski definition) is 4. The maximum atomic E-state index is 11.1. The van der Waals surface area contributed by atoms with Gasteiger partial charge in [-0.3, -0.25) is 9.69 Å². The Kier molecular flexibility index (Phi) is 4.71. The lowest BCUT2D eigenvalue weighted by molar-refractivity contribution is -0.114. The van der Waals surface area contributed by atoms with Gasteiger partial charge in [0, 0.05) is 31.6 Å². The standard InChI is InChI=1S/C21H23N3O2/c1-15(25)22-18-10-8-16(9-11-18)13-24-12-4-5-17(14-24)21-23-19-6-2-3-7-20(19)26-21/h2-3,6-11,17H,4-5,12-14H2,1H3,(H,22,25)/t17-/m0/s1. The van der Waals surface area contributed by atoms with Crippen LogP contribution in [0.1, 0.15) is 37.1 Å². The molecule has 0 saturated carbocycles. The molecule has 5 nitrogen and oxygen atoms in total. The molecule has 26 heavy (non-hydrogen) atoms. The number of carbonyl (C=O) groups excluding carboxylic acids is 1. The number of para-hydroxylation sites is 2. The van der Waals surface area contributed by atoms with Crippen molar-refractivity contribution in [1.29, 1.82) is 0 Å². The second-order valence-electron chi connectivity index (χ2n) is 6.97. The largest absolute Gasteiger partial charge is 0.440 e. The summed E-state index contributed by atoms with van der Waals surface area (Å²) >= 11 is 0. The first-order valence-corrected chi connectivity index (χ1v) is 9.12. The zero-order valence-corrected chi connectivity index (χ0v) is 14.9. The topological polar surface area (TPSA) is 58.4 Å². The van der Waals surface area contributed by atoms with E-state index in [0.717, 1.165) is 55.2 Å². The molecule has 1 saturated heterocycles. The molecule has 0 unspecified atom stereocenters. The highest BCUT2D eigenvalue weighted by Gasteiger charge is 2.25. The number of oxazole rings is 1. The highest BCUT2D eigenvalue weighted by atomic mass is 16.3. The fourth-order valence-corrected chi connectivity index (χ4v) is 3.62. The molecule has 1 aliphatic rings. The number of anilines is 1. The minimum Gasteiger partial charge on any atom is -0.440 e. The van der Waals surface area contributed by atoms with Crippen LogP contribution < -0.4 is 5.32 Å². The molecule has 3 aromatic rings. The molecule has 0 aliphatic carbocycles. The van der Waals surface area contributed by atoms with Crippen LogP contribution in [0.15, 0.2) is 52.9 Å². The van der Waals surface area contributed by atoms with Crippen molar-refractivity contribution in [1.82, 2.24) is 9.88 Å². The summed E-state index contributed by atoms with van der Waals surface area (Å²) in [4.78, 5) is 18.3. The number of aromatic nitrogens is 1. The van der Waals surface area contributed by atoms with Crippen LogP contribution in [0, 0.1) is 0 Å².